The van der Waals surface area contributed by atoms with E-state index < -0.39 is 12.1 Å². The standard InChI is InChI=1S/C12H18F3N3S/c1-8-10(6-16-2)19-11(17-8)18-5-3-4-9(7-18)12(13,14)15/h9,16H,3-7H2,1-2H3. The van der Waals surface area contributed by atoms with Crippen LogP contribution in [0, 0.1) is 12.8 Å². The van der Waals surface area contributed by atoms with Gasteiger partial charge in [-0.05, 0) is 26.8 Å². The summed E-state index contributed by atoms with van der Waals surface area (Å²) >= 11 is 1.49. The van der Waals surface area contributed by atoms with Crippen molar-refractivity contribution in [2.75, 3.05) is 25.0 Å². The maximum Gasteiger partial charge on any atom is 0.393 e. The maximum atomic E-state index is 12.8. The van der Waals surface area contributed by atoms with Crippen LogP contribution in [-0.4, -0.2) is 31.3 Å². The molecule has 1 N–H and O–H groups in total. The largest absolute Gasteiger partial charge is 0.393 e. The van der Waals surface area contributed by atoms with Crippen molar-refractivity contribution in [3.63, 3.8) is 0 Å². The number of nitrogens with one attached hydrogen (secondary N) is 1. The summed E-state index contributed by atoms with van der Waals surface area (Å²) in [7, 11) is 1.85. The van der Waals surface area contributed by atoms with E-state index in [9.17, 15) is 13.2 Å². The number of anilines is 1. The van der Waals surface area contributed by atoms with Crippen LogP contribution in [0.1, 0.15) is 23.4 Å². The SMILES string of the molecule is CNCc1sc(N2CCCC(C(F)(F)F)C2)nc1C. The minimum absolute atomic E-state index is 0.0371. The topological polar surface area (TPSA) is 28.2 Å². The van der Waals surface area contributed by atoms with Gasteiger partial charge in [0.2, 0.25) is 0 Å². The lowest BCUT2D eigenvalue weighted by atomic mass is 9.98. The first-order valence-corrected chi connectivity index (χ1v) is 7.16. The van der Waals surface area contributed by atoms with Crippen molar-refractivity contribution in [1.82, 2.24) is 10.3 Å². The zero-order valence-electron chi connectivity index (χ0n) is 11.0. The van der Waals surface area contributed by atoms with E-state index in [0.717, 1.165) is 15.7 Å². The van der Waals surface area contributed by atoms with Gasteiger partial charge < -0.3 is 10.2 Å². The normalized spacial score (nSPS) is 20.9. The molecule has 1 unspecified atom stereocenters. The Bertz CT molecular complexity index is 430. The molecule has 0 bridgehead atoms. The number of rotatable bonds is 3. The van der Waals surface area contributed by atoms with Crippen LogP contribution in [0.3, 0.4) is 0 Å². The molecule has 0 aromatic carbocycles. The van der Waals surface area contributed by atoms with Gasteiger partial charge in [0.15, 0.2) is 5.13 Å². The first-order chi connectivity index (χ1) is 8.91. The molecule has 2 rings (SSSR count). The Morgan fingerprint density at radius 3 is 2.84 bits per heavy atom. The van der Waals surface area contributed by atoms with Gasteiger partial charge >= 0.3 is 6.18 Å². The average molecular weight is 293 g/mol. The van der Waals surface area contributed by atoms with E-state index in [1.54, 1.807) is 4.90 Å². The molecule has 1 aromatic heterocycles. The third-order valence-electron chi connectivity index (χ3n) is 3.37. The summed E-state index contributed by atoms with van der Waals surface area (Å²) in [5.74, 6) is -1.22. The number of aromatic nitrogens is 1. The van der Waals surface area contributed by atoms with E-state index in [0.29, 0.717) is 19.5 Å². The Morgan fingerprint density at radius 1 is 1.47 bits per heavy atom. The van der Waals surface area contributed by atoms with E-state index in [4.69, 9.17) is 0 Å². The fourth-order valence-electron chi connectivity index (χ4n) is 2.29. The molecular weight excluding hydrogens is 275 g/mol. The van der Waals surface area contributed by atoms with E-state index in [-0.39, 0.29) is 13.0 Å². The molecule has 7 heteroatoms. The zero-order valence-corrected chi connectivity index (χ0v) is 11.9. The molecule has 0 saturated carbocycles. The third-order valence-corrected chi connectivity index (χ3v) is 4.59. The van der Waals surface area contributed by atoms with Gasteiger partial charge in [-0.3, -0.25) is 0 Å². The number of thiazole rings is 1. The summed E-state index contributed by atoms with van der Waals surface area (Å²) in [4.78, 5) is 7.27. The van der Waals surface area contributed by atoms with Crippen molar-refractivity contribution in [3.8, 4) is 0 Å². The van der Waals surface area contributed by atoms with E-state index in [2.05, 4.69) is 10.3 Å². The predicted octanol–water partition coefficient (Wildman–Crippen LogP) is 2.95. The molecule has 0 radical (unpaired) electrons. The van der Waals surface area contributed by atoms with Gasteiger partial charge in [-0.2, -0.15) is 13.2 Å². The number of alkyl halides is 3. The molecule has 108 valence electrons. The van der Waals surface area contributed by atoms with Gasteiger partial charge in [0.1, 0.15) is 0 Å². The Kier molecular flexibility index (Phi) is 4.35. The Morgan fingerprint density at radius 2 is 2.21 bits per heavy atom. The number of halogens is 3. The molecule has 1 saturated heterocycles. The monoisotopic (exact) mass is 293 g/mol. The highest BCUT2D eigenvalue weighted by Gasteiger charge is 2.42. The van der Waals surface area contributed by atoms with Gasteiger partial charge in [0.05, 0.1) is 11.6 Å². The molecule has 1 aliphatic rings. The van der Waals surface area contributed by atoms with Crippen molar-refractivity contribution >= 4 is 16.5 Å². The highest BCUT2D eigenvalue weighted by atomic mass is 32.1. The van der Waals surface area contributed by atoms with Crippen molar-refractivity contribution in [3.05, 3.63) is 10.6 Å². The van der Waals surface area contributed by atoms with Crippen LogP contribution >= 0.6 is 11.3 Å². The summed E-state index contributed by atoms with van der Waals surface area (Å²) in [6.07, 6.45) is -3.29. The van der Waals surface area contributed by atoms with Crippen LogP contribution in [0.5, 0.6) is 0 Å². The summed E-state index contributed by atoms with van der Waals surface area (Å²) in [6, 6.07) is 0. The van der Waals surface area contributed by atoms with Crippen LogP contribution < -0.4 is 10.2 Å². The summed E-state index contributed by atoms with van der Waals surface area (Å²) < 4.78 is 38.3. The Labute approximate surface area is 114 Å². The van der Waals surface area contributed by atoms with Crippen LogP contribution in [0.25, 0.3) is 0 Å². The second-order valence-corrected chi connectivity index (χ2v) is 5.92. The van der Waals surface area contributed by atoms with Gasteiger partial charge in [0, 0.05) is 24.5 Å². The summed E-state index contributed by atoms with van der Waals surface area (Å²) in [5, 5.41) is 3.77. The van der Waals surface area contributed by atoms with Gasteiger partial charge in [0.25, 0.3) is 0 Å². The predicted molar refractivity (Wildman–Crippen MR) is 70.6 cm³/mol. The number of hydrogen-bond donors (Lipinski definition) is 1. The average Bonchev–Trinajstić information content (AvgIpc) is 2.71. The van der Waals surface area contributed by atoms with Crippen molar-refractivity contribution in [1.29, 1.82) is 0 Å². The van der Waals surface area contributed by atoms with E-state index in [1.807, 2.05) is 14.0 Å². The minimum atomic E-state index is -4.10. The van der Waals surface area contributed by atoms with E-state index >= 15 is 0 Å². The molecule has 0 aliphatic carbocycles. The number of nitrogens with zero attached hydrogens (tertiary/aromatic N) is 2. The van der Waals surface area contributed by atoms with Crippen LogP contribution in [0.15, 0.2) is 0 Å². The van der Waals surface area contributed by atoms with Crippen LogP contribution in [-0.2, 0) is 6.54 Å². The lowest BCUT2D eigenvalue weighted by Gasteiger charge is -2.33. The van der Waals surface area contributed by atoms with Crippen molar-refractivity contribution in [2.45, 2.75) is 32.5 Å². The highest BCUT2D eigenvalue weighted by Crippen LogP contribution is 2.36. The smallest absolute Gasteiger partial charge is 0.347 e. The number of hydrogen-bond acceptors (Lipinski definition) is 4. The third kappa shape index (κ3) is 3.39. The first kappa shape index (κ1) is 14.6. The fraction of sp³-hybridized carbons (Fsp3) is 0.750. The molecular formula is C12H18F3N3S. The minimum Gasteiger partial charge on any atom is -0.347 e. The maximum absolute atomic E-state index is 12.8. The van der Waals surface area contributed by atoms with Gasteiger partial charge in [-0.1, -0.05) is 0 Å². The van der Waals surface area contributed by atoms with Crippen LogP contribution in [0.2, 0.25) is 0 Å². The first-order valence-electron chi connectivity index (χ1n) is 6.34. The molecule has 1 aromatic rings. The Hall–Kier alpha value is -0.820. The molecule has 2 heterocycles. The lowest BCUT2D eigenvalue weighted by Crippen LogP contribution is -2.41. The van der Waals surface area contributed by atoms with Crippen molar-refractivity contribution < 1.29 is 13.2 Å². The quantitative estimate of drug-likeness (QED) is 0.928. The molecule has 1 atom stereocenters. The second-order valence-electron chi connectivity index (χ2n) is 4.86. The fourth-order valence-corrected chi connectivity index (χ4v) is 3.40. The zero-order chi connectivity index (χ0) is 14.0. The molecule has 3 nitrogen and oxygen atoms in total. The van der Waals surface area contributed by atoms with Gasteiger partial charge in [-0.15, -0.1) is 11.3 Å². The molecule has 19 heavy (non-hydrogen) atoms. The van der Waals surface area contributed by atoms with Crippen molar-refractivity contribution in [2.24, 2.45) is 5.92 Å². The van der Waals surface area contributed by atoms with Crippen LogP contribution in [0.4, 0.5) is 18.3 Å². The molecule has 0 amide bonds. The lowest BCUT2D eigenvalue weighted by molar-refractivity contribution is -0.175. The molecule has 1 aliphatic heterocycles. The summed E-state index contributed by atoms with van der Waals surface area (Å²) in [6.45, 7) is 3.31. The van der Waals surface area contributed by atoms with E-state index in [1.165, 1.54) is 11.3 Å². The number of aryl methyl sites for hydroxylation is 1. The highest BCUT2D eigenvalue weighted by molar-refractivity contribution is 7.15. The Balaban J connectivity index is 2.11. The number of piperidine rings is 1. The molecule has 0 spiro atoms. The van der Waals surface area contributed by atoms with Gasteiger partial charge in [-0.25, -0.2) is 4.98 Å². The molecule has 1 fully saturated rings. The summed E-state index contributed by atoms with van der Waals surface area (Å²) in [5.41, 5.74) is 0.906. The second kappa shape index (κ2) is 5.66.